The lowest BCUT2D eigenvalue weighted by Crippen LogP contribution is -2.06. The van der Waals surface area contributed by atoms with Gasteiger partial charge in [0.25, 0.3) is 0 Å². The highest BCUT2D eigenvalue weighted by molar-refractivity contribution is 6.11. The molecule has 0 N–H and O–H groups in total. The van der Waals surface area contributed by atoms with Crippen molar-refractivity contribution in [2.24, 2.45) is 0 Å². The van der Waals surface area contributed by atoms with Gasteiger partial charge in [0, 0.05) is 43.6 Å². The maximum absolute atomic E-state index is 9.53. The molecule has 0 fully saturated rings. The summed E-state index contributed by atoms with van der Waals surface area (Å²) in [5.74, 6) is -0.00715. The summed E-state index contributed by atoms with van der Waals surface area (Å²) in [5, 5.41) is 2.95. The number of hydrogen-bond acceptors (Lipinski definition) is 4. The van der Waals surface area contributed by atoms with Gasteiger partial charge in [0.05, 0.1) is 44.1 Å². The van der Waals surface area contributed by atoms with Crippen molar-refractivity contribution in [2.45, 2.75) is 0 Å². The van der Waals surface area contributed by atoms with Gasteiger partial charge < -0.3 is 8.98 Å². The number of hydrogen-bond donors (Lipinski definition) is 0. The molecule has 11 aromatic rings. The molecule has 0 saturated carbocycles. The molecule has 0 spiro atoms. The predicted octanol–water partition coefficient (Wildman–Crippen LogP) is 11.3. The number of furan rings is 1. The van der Waals surface area contributed by atoms with E-state index >= 15 is 0 Å². The van der Waals surface area contributed by atoms with Crippen LogP contribution in [-0.4, -0.2) is 24.1 Å². The molecule has 6 nitrogen and oxygen atoms in total. The maximum Gasteiger partial charge on any atom is 0.238 e. The van der Waals surface area contributed by atoms with Gasteiger partial charge >= 0.3 is 0 Å². The second kappa shape index (κ2) is 10.7. The molecular formula is C45H27N5O. The van der Waals surface area contributed by atoms with Gasteiger partial charge in [-0.2, -0.15) is 9.97 Å². The molecule has 0 bridgehead atoms. The number of nitrogens with zero attached hydrogens (tertiary/aromatic N) is 5. The van der Waals surface area contributed by atoms with Crippen LogP contribution in [0, 0.1) is 0 Å². The topological polar surface area (TPSA) is 61.7 Å². The molecule has 238 valence electrons. The van der Waals surface area contributed by atoms with Gasteiger partial charge in [0.2, 0.25) is 5.95 Å². The highest BCUT2D eigenvalue weighted by Gasteiger charge is 2.20. The number of benzene rings is 7. The van der Waals surface area contributed by atoms with Crippen LogP contribution in [0.25, 0.3) is 100.0 Å². The van der Waals surface area contributed by atoms with Crippen LogP contribution in [0.3, 0.4) is 0 Å². The van der Waals surface area contributed by atoms with Crippen LogP contribution >= 0.6 is 0 Å². The first kappa shape index (κ1) is 18.6. The molecule has 6 heteroatoms. The zero-order valence-corrected chi connectivity index (χ0v) is 26.3. The molecule has 0 aliphatic rings. The van der Waals surface area contributed by atoms with Crippen LogP contribution < -0.4 is 0 Å². The first-order chi connectivity index (χ1) is 30.3. The van der Waals surface area contributed by atoms with Gasteiger partial charge in [0.1, 0.15) is 11.2 Å². The van der Waals surface area contributed by atoms with Crippen LogP contribution in [0.2, 0.25) is 0 Å². The van der Waals surface area contributed by atoms with E-state index in [0.29, 0.717) is 16.7 Å². The van der Waals surface area contributed by atoms with Crippen LogP contribution in [-0.2, 0) is 0 Å². The zero-order chi connectivity index (χ0) is 43.9. The fourth-order valence-corrected chi connectivity index (χ4v) is 6.93. The third kappa shape index (κ3) is 4.14. The highest BCUT2D eigenvalue weighted by Crippen LogP contribution is 2.37. The molecule has 4 heterocycles. The summed E-state index contributed by atoms with van der Waals surface area (Å²) in [6, 6.07) is 20.7. The number of para-hydroxylation sites is 6. The summed E-state index contributed by atoms with van der Waals surface area (Å²) >= 11 is 0. The quantitative estimate of drug-likeness (QED) is 0.188. The SMILES string of the molecule is [2H]c1c([2H])c(-n2c3c([2H])c([2H])c([2H])c([2H])c3c3c([2H])c([2H])c([2H])c([2H])c32)c([2H])c([2H])c1-c1nc(-c2cccc3c2oc2ccccc23)nc(-n2c3ccccc3c3ccccc32)n1. The van der Waals surface area contributed by atoms with Crippen molar-refractivity contribution >= 4 is 65.6 Å². The Balaban J connectivity index is 1.25. The molecule has 11 rings (SSSR count). The number of rotatable bonds is 4. The average Bonchev–Trinajstić information content (AvgIpc) is 3.97. The fourth-order valence-electron chi connectivity index (χ4n) is 6.93. The second-order valence-corrected chi connectivity index (χ2v) is 11.9. The number of fused-ring (bicyclic) bond motifs is 9. The Morgan fingerprint density at radius 2 is 1.04 bits per heavy atom. The van der Waals surface area contributed by atoms with Crippen LogP contribution in [0.4, 0.5) is 0 Å². The zero-order valence-electron chi connectivity index (χ0n) is 38.3. The van der Waals surface area contributed by atoms with Crippen LogP contribution in [0.15, 0.2) is 168 Å². The Hall–Kier alpha value is -7.05. The highest BCUT2D eigenvalue weighted by atomic mass is 16.3. The third-order valence-electron chi connectivity index (χ3n) is 9.14. The van der Waals surface area contributed by atoms with E-state index < -0.39 is 78.2 Å². The molecule has 4 aromatic heterocycles. The van der Waals surface area contributed by atoms with Crippen molar-refractivity contribution in [3.05, 3.63) is 164 Å². The van der Waals surface area contributed by atoms with Crippen molar-refractivity contribution < 1.29 is 20.9 Å². The van der Waals surface area contributed by atoms with E-state index in [1.165, 1.54) is 0 Å². The Labute approximate surface area is 308 Å². The van der Waals surface area contributed by atoms with E-state index in [0.717, 1.165) is 37.1 Å². The smallest absolute Gasteiger partial charge is 0.238 e. The van der Waals surface area contributed by atoms with E-state index in [1.807, 2.05) is 89.5 Å². The minimum atomic E-state index is -0.690. The van der Waals surface area contributed by atoms with Crippen LogP contribution in [0.1, 0.15) is 16.4 Å². The summed E-state index contributed by atoms with van der Waals surface area (Å²) in [5.41, 5.74) is 1.56. The first-order valence-corrected chi connectivity index (χ1v) is 16.1. The van der Waals surface area contributed by atoms with Gasteiger partial charge in [-0.05, 0) is 60.5 Å². The lowest BCUT2D eigenvalue weighted by Gasteiger charge is -2.12. The summed E-state index contributed by atoms with van der Waals surface area (Å²) < 4.78 is 117. The first-order valence-electron chi connectivity index (χ1n) is 22.1. The lowest BCUT2D eigenvalue weighted by atomic mass is 10.1. The number of aromatic nitrogens is 5. The van der Waals surface area contributed by atoms with Crippen molar-refractivity contribution in [1.29, 1.82) is 0 Å². The molecule has 0 atom stereocenters. The van der Waals surface area contributed by atoms with E-state index in [2.05, 4.69) is 0 Å². The second-order valence-electron chi connectivity index (χ2n) is 11.9. The molecule has 7 aromatic carbocycles. The Bertz CT molecular complexity index is 3700. The Kier molecular flexibility index (Phi) is 3.92. The molecule has 0 radical (unpaired) electrons. The Morgan fingerprint density at radius 1 is 0.451 bits per heavy atom. The molecule has 0 unspecified atom stereocenters. The van der Waals surface area contributed by atoms with E-state index in [1.54, 1.807) is 6.07 Å². The van der Waals surface area contributed by atoms with Gasteiger partial charge in [-0.1, -0.05) is 103 Å². The summed E-state index contributed by atoms with van der Waals surface area (Å²) in [6.45, 7) is 0. The monoisotopic (exact) mass is 665 g/mol. The van der Waals surface area contributed by atoms with E-state index in [9.17, 15) is 5.48 Å². The standard InChI is InChI=1S/C45H27N5O/c1-6-19-37-30(12-1)31-13-2-7-20-38(31)49(37)29-26-24-28(25-27-29)43-46-44(36-18-11-17-35-34-16-5-10-23-41(34)51-42(35)36)48-45(47-43)50-39-21-8-3-14-32(39)33-15-4-9-22-40(33)50/h1-27H/i1D,2D,6D,7D,12D,13D,19D,20D,24D,25D,26D,27D. The summed E-state index contributed by atoms with van der Waals surface area (Å²) in [7, 11) is 0. The van der Waals surface area contributed by atoms with Crippen LogP contribution in [0.5, 0.6) is 0 Å². The molecular weight excluding hydrogens is 627 g/mol. The molecule has 51 heavy (non-hydrogen) atoms. The molecule has 0 aliphatic carbocycles. The molecule has 0 aliphatic heterocycles. The normalized spacial score (nSPS) is 15.2. The van der Waals surface area contributed by atoms with E-state index in [-0.39, 0.29) is 45.0 Å². The fraction of sp³-hybridized carbons (Fsp3) is 0. The largest absolute Gasteiger partial charge is 0.455 e. The average molecular weight is 666 g/mol. The van der Waals surface area contributed by atoms with Crippen molar-refractivity contribution in [2.75, 3.05) is 0 Å². The van der Waals surface area contributed by atoms with Crippen molar-refractivity contribution in [3.8, 4) is 34.4 Å². The third-order valence-corrected chi connectivity index (χ3v) is 9.14. The molecule has 0 saturated heterocycles. The predicted molar refractivity (Wildman–Crippen MR) is 207 cm³/mol. The maximum atomic E-state index is 9.53. The van der Waals surface area contributed by atoms with E-state index in [4.69, 9.17) is 30.3 Å². The van der Waals surface area contributed by atoms with Crippen molar-refractivity contribution in [1.82, 2.24) is 24.1 Å². The molecule has 0 amide bonds. The minimum absolute atomic E-state index is 0.107. The van der Waals surface area contributed by atoms with Crippen molar-refractivity contribution in [3.63, 3.8) is 0 Å². The minimum Gasteiger partial charge on any atom is -0.455 e. The van der Waals surface area contributed by atoms with Gasteiger partial charge in [0.15, 0.2) is 11.6 Å². The summed E-state index contributed by atoms with van der Waals surface area (Å²) in [6.07, 6.45) is 0. The Morgan fingerprint density at radius 3 is 1.75 bits per heavy atom. The van der Waals surface area contributed by atoms with Gasteiger partial charge in [-0.15, -0.1) is 0 Å². The van der Waals surface area contributed by atoms with Gasteiger partial charge in [-0.25, -0.2) is 4.98 Å². The lowest BCUT2D eigenvalue weighted by molar-refractivity contribution is 0.669. The summed E-state index contributed by atoms with van der Waals surface area (Å²) in [4.78, 5) is 14.7. The van der Waals surface area contributed by atoms with Gasteiger partial charge in [-0.3, -0.25) is 4.57 Å².